The molecule has 2 atom stereocenters. The van der Waals surface area contributed by atoms with Crippen molar-refractivity contribution in [2.24, 2.45) is 5.73 Å². The first-order chi connectivity index (χ1) is 42.3. The number of aldehydes is 1. The quantitative estimate of drug-likeness (QED) is 0.0329. The van der Waals surface area contributed by atoms with Gasteiger partial charge in [-0.25, -0.2) is 8.78 Å². The number of hydrogen-bond acceptors (Lipinski definition) is 13. The maximum Gasteiger partial charge on any atom is 0.155 e. The molecule has 450 valence electrons. The Hall–Kier alpha value is -9.06. The first kappa shape index (κ1) is 66.5. The summed E-state index contributed by atoms with van der Waals surface area (Å²) in [6.07, 6.45) is 14.4. The molecule has 0 fully saturated rings. The molecule has 2 aromatic heterocycles. The maximum absolute atomic E-state index is 14.6. The van der Waals surface area contributed by atoms with Gasteiger partial charge in [-0.2, -0.15) is 10.5 Å². The Morgan fingerprint density at radius 1 is 0.636 bits per heavy atom. The standard InChI is InChI=1S/C35H31ClFN3O3.C29H20ClFN2O3.C6H11NO.ClH/c1-2-26(41)7-6-14-39-21-25-16-31(36)35(17-34(25)42-22-24-15-23(18-38)19-40-20-24)43-33-13-12-28-27(9-5-10-30(28)33)29-8-3-4-11-32(29)37;30-25-11-20(16-34)28(35-17-19-10-18(13-32)14-33-15-19)12-29(25)36-27-9-8-22-21(5-3-6-24(22)27)23-4-1-2-7-26(23)31;1-2-6(8)4-3-5-7;/h2-5,8-11,15-17,19-20,33,39H,1,6-7,12-14,21-22H2;1-7,10-12,14-16,27H,8-9,17H2;2H,1,3-5,7H2;1H/t33-;27-;;/m00../s1. The van der Waals surface area contributed by atoms with Crippen molar-refractivity contribution in [3.05, 3.63) is 249 Å². The molecule has 0 spiro atoms. The monoisotopic (exact) mass is 1240 g/mol. The van der Waals surface area contributed by atoms with Gasteiger partial charge in [0, 0.05) is 84.1 Å². The second-order valence-electron chi connectivity index (χ2n) is 20.3. The zero-order chi connectivity index (χ0) is 61.7. The molecule has 88 heavy (non-hydrogen) atoms. The number of carbonyl (C=O) groups excluding carboxylic acids is 3. The van der Waals surface area contributed by atoms with Crippen LogP contribution >= 0.6 is 35.6 Å². The minimum atomic E-state index is -0.282. The molecule has 0 saturated carbocycles. The van der Waals surface area contributed by atoms with Crippen LogP contribution in [0.15, 0.2) is 171 Å². The number of benzene rings is 6. The first-order valence-corrected chi connectivity index (χ1v) is 28.9. The number of pyridine rings is 2. The highest BCUT2D eigenvalue weighted by Crippen LogP contribution is 2.45. The molecule has 0 radical (unpaired) electrons. The van der Waals surface area contributed by atoms with Crippen molar-refractivity contribution < 1.29 is 42.1 Å². The third-order valence-corrected chi connectivity index (χ3v) is 15.0. The van der Waals surface area contributed by atoms with E-state index < -0.39 is 0 Å². The molecule has 0 unspecified atom stereocenters. The Morgan fingerprint density at radius 3 is 1.60 bits per heavy atom. The Bertz CT molecular complexity index is 3890. The third kappa shape index (κ3) is 17.6. The molecular weight excluding hydrogens is 1180 g/mol. The topological polar surface area (TPSA) is 200 Å². The van der Waals surface area contributed by atoms with E-state index in [0.717, 1.165) is 70.2 Å². The molecule has 18 heteroatoms. The number of halogens is 5. The van der Waals surface area contributed by atoms with Crippen LogP contribution in [-0.2, 0) is 42.2 Å². The van der Waals surface area contributed by atoms with Crippen molar-refractivity contribution >= 4 is 53.5 Å². The number of nitriles is 2. The fourth-order valence-corrected chi connectivity index (χ4v) is 10.6. The number of allylic oxidation sites excluding steroid dienone is 2. The number of ketones is 2. The van der Waals surface area contributed by atoms with Crippen molar-refractivity contribution in [3.8, 4) is 57.4 Å². The van der Waals surface area contributed by atoms with Gasteiger partial charge in [-0.05, 0) is 134 Å². The highest BCUT2D eigenvalue weighted by atomic mass is 35.5. The lowest BCUT2D eigenvalue weighted by molar-refractivity contribution is -0.115. The number of nitrogens with zero attached hydrogens (tertiary/aromatic N) is 4. The van der Waals surface area contributed by atoms with Gasteiger partial charge in [-0.3, -0.25) is 24.4 Å². The summed E-state index contributed by atoms with van der Waals surface area (Å²) in [5, 5.41) is 22.4. The number of rotatable bonds is 24. The molecular formula is C70H63Cl3F2N6O7. The maximum atomic E-state index is 14.6. The summed E-state index contributed by atoms with van der Waals surface area (Å²) in [5.41, 5.74) is 15.6. The average molecular weight is 1240 g/mol. The largest absolute Gasteiger partial charge is 0.488 e. The van der Waals surface area contributed by atoms with Gasteiger partial charge < -0.3 is 30.0 Å². The van der Waals surface area contributed by atoms with Crippen LogP contribution in [0.3, 0.4) is 0 Å². The Morgan fingerprint density at radius 2 is 1.11 bits per heavy atom. The van der Waals surface area contributed by atoms with Gasteiger partial charge in [-0.1, -0.05) is 109 Å². The van der Waals surface area contributed by atoms with Crippen molar-refractivity contribution in [2.45, 2.75) is 83.3 Å². The highest BCUT2D eigenvalue weighted by molar-refractivity contribution is 6.32. The number of aromatic nitrogens is 2. The number of fused-ring (bicyclic) bond motifs is 2. The van der Waals surface area contributed by atoms with Gasteiger partial charge in [0.15, 0.2) is 17.9 Å². The number of carbonyl (C=O) groups is 3. The molecule has 6 aromatic carbocycles. The predicted octanol–water partition coefficient (Wildman–Crippen LogP) is 15.5. The summed E-state index contributed by atoms with van der Waals surface area (Å²) in [7, 11) is 0. The van der Waals surface area contributed by atoms with E-state index in [1.54, 1.807) is 60.9 Å². The van der Waals surface area contributed by atoms with E-state index in [2.05, 4.69) is 34.5 Å². The van der Waals surface area contributed by atoms with Crippen LogP contribution in [0, 0.1) is 34.3 Å². The molecule has 8 aromatic rings. The van der Waals surface area contributed by atoms with Crippen LogP contribution in [0.1, 0.15) is 111 Å². The molecule has 2 aliphatic rings. The SMILES string of the molecule is C=CC(=O)CCCN.C=CC(=O)CCCNCc1cc(Cl)c(O[C@H]2CCc3c(-c4ccccc4F)cccc32)cc1OCc1cncc(C#N)c1.Cl.N#Cc1cncc(COc2cc(O[C@H]3CCc4c(-c5ccccc5F)cccc43)c(Cl)cc2C=O)c1. The highest BCUT2D eigenvalue weighted by Gasteiger charge is 2.30. The summed E-state index contributed by atoms with van der Waals surface area (Å²) >= 11 is 13.2. The minimum absolute atomic E-state index is 0. The molecule has 10 rings (SSSR count). The summed E-state index contributed by atoms with van der Waals surface area (Å²) < 4.78 is 54.0. The second kappa shape index (κ2) is 33.2. The smallest absolute Gasteiger partial charge is 0.155 e. The van der Waals surface area contributed by atoms with Crippen molar-refractivity contribution in [3.63, 3.8) is 0 Å². The Balaban J connectivity index is 0.000000223. The zero-order valence-electron chi connectivity index (χ0n) is 48.0. The number of ether oxygens (including phenoxy) is 4. The van der Waals surface area contributed by atoms with Gasteiger partial charge in [0.2, 0.25) is 0 Å². The molecule has 0 aliphatic heterocycles. The van der Waals surface area contributed by atoms with Crippen LogP contribution in [-0.4, -0.2) is 40.9 Å². The molecule has 0 amide bonds. The van der Waals surface area contributed by atoms with Gasteiger partial charge >= 0.3 is 0 Å². The first-order valence-electron chi connectivity index (χ1n) is 28.2. The molecule has 0 bridgehead atoms. The predicted molar refractivity (Wildman–Crippen MR) is 339 cm³/mol. The fourth-order valence-electron chi connectivity index (χ4n) is 10.1. The fraction of sp³-hybridized carbons (Fsp3) is 0.214. The molecule has 3 N–H and O–H groups in total. The van der Waals surface area contributed by atoms with Gasteiger partial charge in [-0.15, -0.1) is 12.4 Å². The van der Waals surface area contributed by atoms with Gasteiger partial charge in [0.25, 0.3) is 0 Å². The van der Waals surface area contributed by atoms with E-state index in [4.69, 9.17) is 53.1 Å². The third-order valence-electron chi connectivity index (χ3n) is 14.4. The molecule has 0 saturated heterocycles. The Kier molecular flexibility index (Phi) is 25.1. The summed E-state index contributed by atoms with van der Waals surface area (Å²) in [4.78, 5) is 41.7. The zero-order valence-corrected chi connectivity index (χ0v) is 50.3. The van der Waals surface area contributed by atoms with Crippen LogP contribution in [0.4, 0.5) is 8.78 Å². The van der Waals surface area contributed by atoms with Crippen LogP contribution in [0.25, 0.3) is 22.3 Å². The molecule has 2 aliphatic carbocycles. The van der Waals surface area contributed by atoms with E-state index in [1.165, 1.54) is 42.7 Å². The number of nitrogens with two attached hydrogens (primary N) is 1. The minimum Gasteiger partial charge on any atom is -0.488 e. The van der Waals surface area contributed by atoms with Crippen molar-refractivity contribution in [2.75, 3.05) is 13.1 Å². The lowest BCUT2D eigenvalue weighted by Gasteiger charge is -2.20. The van der Waals surface area contributed by atoms with E-state index >= 15 is 0 Å². The van der Waals surface area contributed by atoms with Crippen molar-refractivity contribution in [1.82, 2.24) is 15.3 Å². The van der Waals surface area contributed by atoms with E-state index in [0.29, 0.717) is 107 Å². The van der Waals surface area contributed by atoms with Crippen LogP contribution in [0.2, 0.25) is 10.0 Å². The van der Waals surface area contributed by atoms with E-state index in [1.807, 2.05) is 60.7 Å². The molecule has 2 heterocycles. The summed E-state index contributed by atoms with van der Waals surface area (Å²) in [6.45, 7) is 8.83. The Labute approximate surface area is 526 Å². The second-order valence-corrected chi connectivity index (χ2v) is 21.1. The van der Waals surface area contributed by atoms with E-state index in [-0.39, 0.29) is 71.6 Å². The van der Waals surface area contributed by atoms with Gasteiger partial charge in [0.05, 0.1) is 26.7 Å². The summed E-state index contributed by atoms with van der Waals surface area (Å²) in [5.74, 6) is 1.33. The summed E-state index contributed by atoms with van der Waals surface area (Å²) in [6, 6.07) is 39.5. The van der Waals surface area contributed by atoms with E-state index in [9.17, 15) is 28.4 Å². The molecule has 13 nitrogen and oxygen atoms in total. The lowest BCUT2D eigenvalue weighted by Crippen LogP contribution is -2.16. The van der Waals surface area contributed by atoms with Crippen LogP contribution < -0.4 is 30.0 Å². The van der Waals surface area contributed by atoms with Gasteiger partial charge in [0.1, 0.15) is 72.2 Å². The lowest BCUT2D eigenvalue weighted by atomic mass is 9.96. The van der Waals surface area contributed by atoms with Crippen LogP contribution in [0.5, 0.6) is 23.0 Å². The number of hydrogen-bond donors (Lipinski definition) is 2. The van der Waals surface area contributed by atoms with Crippen molar-refractivity contribution in [1.29, 1.82) is 10.5 Å². The number of nitrogens with one attached hydrogen (secondary N) is 1. The average Bonchev–Trinajstić information content (AvgIpc) is 2.52. The normalized spacial score (nSPS) is 13.2.